The lowest BCUT2D eigenvalue weighted by Gasteiger charge is -2.18. The molecule has 0 radical (unpaired) electrons. The smallest absolute Gasteiger partial charge is 0.237 e. The molecule has 2 atom stereocenters. The molecular formula is C16H23ClN4O. The monoisotopic (exact) mass is 322 g/mol. The second kappa shape index (κ2) is 8.56. The van der Waals surface area contributed by atoms with Crippen molar-refractivity contribution >= 4 is 18.3 Å². The number of amides is 1. The van der Waals surface area contributed by atoms with E-state index in [-0.39, 0.29) is 24.4 Å². The van der Waals surface area contributed by atoms with Gasteiger partial charge in [0.15, 0.2) is 0 Å². The fourth-order valence-electron chi connectivity index (χ4n) is 2.18. The van der Waals surface area contributed by atoms with Crippen molar-refractivity contribution in [2.75, 3.05) is 0 Å². The van der Waals surface area contributed by atoms with Crippen LogP contribution in [0.1, 0.15) is 38.3 Å². The van der Waals surface area contributed by atoms with E-state index in [0.717, 1.165) is 17.7 Å². The molecule has 2 rings (SSSR count). The molecule has 0 saturated carbocycles. The van der Waals surface area contributed by atoms with Crippen molar-refractivity contribution in [3.05, 3.63) is 48.3 Å². The lowest BCUT2D eigenvalue weighted by Crippen LogP contribution is -2.41. The molecule has 1 amide bonds. The number of nitrogens with one attached hydrogen (secondary N) is 1. The van der Waals surface area contributed by atoms with Crippen LogP contribution in [0.3, 0.4) is 0 Å². The SMILES string of the molecule is CCCC(N)C(=O)NC(C)c1ccc(-n2cccn2)cc1.Cl. The number of halogens is 1. The van der Waals surface area contributed by atoms with Gasteiger partial charge in [-0.25, -0.2) is 4.68 Å². The molecule has 1 heterocycles. The highest BCUT2D eigenvalue weighted by atomic mass is 35.5. The van der Waals surface area contributed by atoms with Gasteiger partial charge in [0, 0.05) is 12.4 Å². The topological polar surface area (TPSA) is 72.9 Å². The molecule has 22 heavy (non-hydrogen) atoms. The van der Waals surface area contributed by atoms with Crippen molar-refractivity contribution < 1.29 is 4.79 Å². The summed E-state index contributed by atoms with van der Waals surface area (Å²) in [5, 5.41) is 7.13. The lowest BCUT2D eigenvalue weighted by molar-refractivity contribution is -0.123. The lowest BCUT2D eigenvalue weighted by atomic mass is 10.1. The molecule has 0 saturated heterocycles. The van der Waals surface area contributed by atoms with Gasteiger partial charge in [-0.15, -0.1) is 12.4 Å². The van der Waals surface area contributed by atoms with E-state index in [1.165, 1.54) is 0 Å². The van der Waals surface area contributed by atoms with Crippen molar-refractivity contribution in [3.8, 4) is 5.69 Å². The molecule has 3 N–H and O–H groups in total. The highest BCUT2D eigenvalue weighted by molar-refractivity contribution is 5.85. The zero-order chi connectivity index (χ0) is 15.2. The molecule has 5 nitrogen and oxygen atoms in total. The van der Waals surface area contributed by atoms with Gasteiger partial charge >= 0.3 is 0 Å². The molecule has 2 aromatic rings. The summed E-state index contributed by atoms with van der Waals surface area (Å²) in [6, 6.07) is 9.34. The van der Waals surface area contributed by atoms with E-state index in [1.807, 2.05) is 50.4 Å². The molecule has 0 bridgehead atoms. The van der Waals surface area contributed by atoms with Gasteiger partial charge < -0.3 is 11.1 Å². The highest BCUT2D eigenvalue weighted by Gasteiger charge is 2.15. The van der Waals surface area contributed by atoms with Gasteiger partial charge in [-0.1, -0.05) is 25.5 Å². The zero-order valence-corrected chi connectivity index (χ0v) is 13.7. The second-order valence-corrected chi connectivity index (χ2v) is 5.17. The van der Waals surface area contributed by atoms with E-state index < -0.39 is 6.04 Å². The summed E-state index contributed by atoms with van der Waals surface area (Å²) < 4.78 is 1.80. The van der Waals surface area contributed by atoms with Crippen molar-refractivity contribution in [3.63, 3.8) is 0 Å². The Bertz CT molecular complexity index is 568. The molecule has 1 aromatic heterocycles. The van der Waals surface area contributed by atoms with Crippen LogP contribution in [0.15, 0.2) is 42.7 Å². The molecule has 6 heteroatoms. The minimum atomic E-state index is -0.430. The van der Waals surface area contributed by atoms with Gasteiger partial charge in [0.05, 0.1) is 17.8 Å². The Hall–Kier alpha value is -1.85. The van der Waals surface area contributed by atoms with Gasteiger partial charge in [-0.3, -0.25) is 4.79 Å². The number of carbonyl (C=O) groups excluding carboxylic acids is 1. The van der Waals surface area contributed by atoms with E-state index in [4.69, 9.17) is 5.73 Å². The van der Waals surface area contributed by atoms with Gasteiger partial charge in [0.1, 0.15) is 0 Å². The summed E-state index contributed by atoms with van der Waals surface area (Å²) in [6.07, 6.45) is 5.24. The zero-order valence-electron chi connectivity index (χ0n) is 12.9. The van der Waals surface area contributed by atoms with Crippen LogP contribution >= 0.6 is 12.4 Å². The number of nitrogens with two attached hydrogens (primary N) is 1. The average molecular weight is 323 g/mol. The van der Waals surface area contributed by atoms with E-state index in [1.54, 1.807) is 10.9 Å². The Morgan fingerprint density at radius 3 is 2.59 bits per heavy atom. The predicted octanol–water partition coefficient (Wildman–Crippen LogP) is 2.60. The van der Waals surface area contributed by atoms with Crippen molar-refractivity contribution in [2.24, 2.45) is 5.73 Å². The number of aromatic nitrogens is 2. The quantitative estimate of drug-likeness (QED) is 0.858. The van der Waals surface area contributed by atoms with Crippen LogP contribution in [0.5, 0.6) is 0 Å². The highest BCUT2D eigenvalue weighted by Crippen LogP contribution is 2.15. The van der Waals surface area contributed by atoms with Crippen LogP contribution in [0.4, 0.5) is 0 Å². The van der Waals surface area contributed by atoms with Crippen molar-refractivity contribution in [2.45, 2.75) is 38.8 Å². The van der Waals surface area contributed by atoms with Crippen LogP contribution in [0.2, 0.25) is 0 Å². The number of carbonyl (C=O) groups is 1. The molecule has 0 aliphatic carbocycles. The molecule has 0 aliphatic heterocycles. The largest absolute Gasteiger partial charge is 0.348 e. The predicted molar refractivity (Wildman–Crippen MR) is 90.3 cm³/mol. The third kappa shape index (κ3) is 4.58. The maximum atomic E-state index is 11.9. The fraction of sp³-hybridized carbons (Fsp3) is 0.375. The number of hydrogen-bond donors (Lipinski definition) is 2. The van der Waals surface area contributed by atoms with E-state index in [0.29, 0.717) is 6.42 Å². The molecule has 2 unspecified atom stereocenters. The van der Waals surface area contributed by atoms with Gasteiger partial charge in [0.25, 0.3) is 0 Å². The van der Waals surface area contributed by atoms with Crippen LogP contribution in [0.25, 0.3) is 5.69 Å². The van der Waals surface area contributed by atoms with Crippen molar-refractivity contribution in [1.82, 2.24) is 15.1 Å². The van der Waals surface area contributed by atoms with Gasteiger partial charge in [-0.05, 0) is 37.1 Å². The van der Waals surface area contributed by atoms with Gasteiger partial charge in [0.2, 0.25) is 5.91 Å². The number of nitrogens with zero attached hydrogens (tertiary/aromatic N) is 2. The summed E-state index contributed by atoms with van der Waals surface area (Å²) >= 11 is 0. The van der Waals surface area contributed by atoms with E-state index >= 15 is 0 Å². The third-order valence-corrected chi connectivity index (χ3v) is 3.46. The van der Waals surface area contributed by atoms with E-state index in [9.17, 15) is 4.79 Å². The third-order valence-electron chi connectivity index (χ3n) is 3.46. The summed E-state index contributed by atoms with van der Waals surface area (Å²) in [6.45, 7) is 3.98. The summed E-state index contributed by atoms with van der Waals surface area (Å²) in [7, 11) is 0. The first-order valence-corrected chi connectivity index (χ1v) is 7.27. The first-order valence-electron chi connectivity index (χ1n) is 7.27. The average Bonchev–Trinajstić information content (AvgIpc) is 3.01. The van der Waals surface area contributed by atoms with Crippen LogP contribution in [0, 0.1) is 0 Å². The molecule has 0 aliphatic rings. The number of hydrogen-bond acceptors (Lipinski definition) is 3. The molecule has 120 valence electrons. The standard InChI is InChI=1S/C16H22N4O.ClH/c1-3-5-15(17)16(21)19-12(2)13-6-8-14(9-7-13)20-11-4-10-18-20;/h4,6-12,15H,3,5,17H2,1-2H3,(H,19,21);1H. The Morgan fingerprint density at radius 2 is 2.05 bits per heavy atom. The van der Waals surface area contributed by atoms with Crippen LogP contribution in [-0.2, 0) is 4.79 Å². The summed E-state index contributed by atoms with van der Waals surface area (Å²) in [5.74, 6) is -0.0968. The Balaban J connectivity index is 0.00000242. The maximum absolute atomic E-state index is 11.9. The van der Waals surface area contributed by atoms with Crippen molar-refractivity contribution in [1.29, 1.82) is 0 Å². The Labute approximate surface area is 137 Å². The minimum Gasteiger partial charge on any atom is -0.348 e. The second-order valence-electron chi connectivity index (χ2n) is 5.17. The summed E-state index contributed by atoms with van der Waals surface area (Å²) in [5.41, 5.74) is 7.85. The molecular weight excluding hydrogens is 300 g/mol. The first kappa shape index (κ1) is 18.2. The first-order chi connectivity index (χ1) is 10.1. The Morgan fingerprint density at radius 1 is 1.36 bits per heavy atom. The summed E-state index contributed by atoms with van der Waals surface area (Å²) in [4.78, 5) is 11.9. The number of benzene rings is 1. The minimum absolute atomic E-state index is 0. The van der Waals surface area contributed by atoms with E-state index in [2.05, 4.69) is 10.4 Å². The Kier molecular flexibility index (Phi) is 7.08. The number of rotatable bonds is 6. The van der Waals surface area contributed by atoms with Crippen LogP contribution < -0.4 is 11.1 Å². The molecule has 1 aromatic carbocycles. The normalized spacial score (nSPS) is 13.0. The fourth-order valence-corrected chi connectivity index (χ4v) is 2.18. The maximum Gasteiger partial charge on any atom is 0.237 e. The molecule has 0 fully saturated rings. The van der Waals surface area contributed by atoms with Gasteiger partial charge in [-0.2, -0.15) is 5.10 Å². The molecule has 0 spiro atoms. The van der Waals surface area contributed by atoms with Crippen LogP contribution in [-0.4, -0.2) is 21.7 Å².